The number of nitrogens with zero attached hydrogens (tertiary/aromatic N) is 2. The number of rotatable bonds is 11. The Hall–Kier alpha value is -2.78. The molecule has 0 aliphatic heterocycles. The van der Waals surface area contributed by atoms with Crippen molar-refractivity contribution in [2.45, 2.75) is 38.3 Å². The molecule has 3 aromatic carbocycles. The number of carbonyl (C=O) groups is 2. The summed E-state index contributed by atoms with van der Waals surface area (Å²) in [4.78, 5) is 28.2. The van der Waals surface area contributed by atoms with Gasteiger partial charge in [-0.3, -0.25) is 13.9 Å². The van der Waals surface area contributed by atoms with Crippen LogP contribution in [0.3, 0.4) is 0 Å². The van der Waals surface area contributed by atoms with Crippen LogP contribution in [-0.4, -0.2) is 44.3 Å². The van der Waals surface area contributed by atoms with E-state index in [1.165, 1.54) is 35.2 Å². The van der Waals surface area contributed by atoms with Gasteiger partial charge in [0.25, 0.3) is 10.0 Å². The number of hydrogen-bond donors (Lipinski definition) is 1. The Kier molecular flexibility index (Phi) is 10.7. The first-order valence-electron chi connectivity index (χ1n) is 12.2. The topological polar surface area (TPSA) is 86.8 Å². The summed E-state index contributed by atoms with van der Waals surface area (Å²) in [6.45, 7) is 5.43. The Morgan fingerprint density at radius 3 is 2.00 bits per heavy atom. The van der Waals surface area contributed by atoms with E-state index >= 15 is 0 Å². The van der Waals surface area contributed by atoms with Crippen LogP contribution in [-0.2, 0) is 26.2 Å². The minimum Gasteiger partial charge on any atom is -0.354 e. The average Bonchev–Trinajstić information content (AvgIpc) is 2.89. The predicted molar refractivity (Wildman–Crippen MR) is 157 cm³/mol. The quantitative estimate of drug-likeness (QED) is 0.287. The molecule has 0 aliphatic rings. The number of nitrogens with one attached hydrogen (secondary N) is 1. The molecule has 7 nitrogen and oxygen atoms in total. The fourth-order valence-corrected chi connectivity index (χ4v) is 5.81. The Labute approximate surface area is 244 Å². The standard InChI is InChI=1S/C28H30Cl3N3O4S/c1-19(2)16-32-28(36)20(3)33(17-21-9-11-22(29)12-10-21)27(35)18-34(25-14-23(30)13-24(31)15-25)39(37,38)26-7-5-4-6-8-26/h4-15,19-20H,16-18H2,1-3H3,(H,32,36)/t20-/m1/s1. The highest BCUT2D eigenvalue weighted by atomic mass is 35.5. The maximum atomic E-state index is 13.9. The third kappa shape index (κ3) is 8.35. The number of sulfonamides is 1. The minimum absolute atomic E-state index is 0.0131. The lowest BCUT2D eigenvalue weighted by molar-refractivity contribution is -0.139. The van der Waals surface area contributed by atoms with Gasteiger partial charge in [-0.05, 0) is 60.9 Å². The van der Waals surface area contributed by atoms with Crippen molar-refractivity contribution in [3.63, 3.8) is 0 Å². The van der Waals surface area contributed by atoms with Crippen molar-refractivity contribution in [3.8, 4) is 0 Å². The first kappa shape index (κ1) is 30.8. The van der Waals surface area contributed by atoms with Crippen LogP contribution in [0.25, 0.3) is 0 Å². The van der Waals surface area contributed by atoms with Crippen molar-refractivity contribution in [2.75, 3.05) is 17.4 Å². The molecule has 0 bridgehead atoms. The van der Waals surface area contributed by atoms with Crippen LogP contribution in [0.1, 0.15) is 26.3 Å². The molecule has 0 fully saturated rings. The molecule has 0 unspecified atom stereocenters. The van der Waals surface area contributed by atoms with Gasteiger partial charge in [-0.15, -0.1) is 0 Å². The number of carbonyl (C=O) groups excluding carboxylic acids is 2. The maximum absolute atomic E-state index is 13.9. The smallest absolute Gasteiger partial charge is 0.264 e. The minimum atomic E-state index is -4.21. The average molecular weight is 611 g/mol. The van der Waals surface area contributed by atoms with Crippen LogP contribution in [0.4, 0.5) is 5.69 Å². The molecule has 0 heterocycles. The van der Waals surface area contributed by atoms with Gasteiger partial charge in [0.05, 0.1) is 10.6 Å². The molecule has 3 rings (SSSR count). The Morgan fingerprint density at radius 1 is 0.846 bits per heavy atom. The fraction of sp³-hybridized carbons (Fsp3) is 0.286. The number of benzene rings is 3. The molecule has 3 aromatic rings. The van der Waals surface area contributed by atoms with Gasteiger partial charge in [0, 0.05) is 28.2 Å². The molecule has 0 saturated carbocycles. The summed E-state index contributed by atoms with van der Waals surface area (Å²) in [5.74, 6) is -0.734. The van der Waals surface area contributed by atoms with Crippen LogP contribution < -0.4 is 9.62 Å². The van der Waals surface area contributed by atoms with E-state index in [0.29, 0.717) is 11.6 Å². The highest BCUT2D eigenvalue weighted by Crippen LogP contribution is 2.30. The number of amides is 2. The molecule has 208 valence electrons. The van der Waals surface area contributed by atoms with Crippen molar-refractivity contribution in [1.29, 1.82) is 0 Å². The zero-order valence-electron chi connectivity index (χ0n) is 21.8. The van der Waals surface area contributed by atoms with Crippen LogP contribution in [0.5, 0.6) is 0 Å². The largest absolute Gasteiger partial charge is 0.354 e. The molecular formula is C28H30Cl3N3O4S. The highest BCUT2D eigenvalue weighted by Gasteiger charge is 2.32. The van der Waals surface area contributed by atoms with E-state index < -0.39 is 28.5 Å². The van der Waals surface area contributed by atoms with Gasteiger partial charge in [-0.1, -0.05) is 79.0 Å². The van der Waals surface area contributed by atoms with Gasteiger partial charge in [0.15, 0.2) is 0 Å². The Bertz CT molecular complexity index is 1380. The molecule has 1 atom stereocenters. The van der Waals surface area contributed by atoms with E-state index in [1.54, 1.807) is 49.4 Å². The molecular weight excluding hydrogens is 581 g/mol. The van der Waals surface area contributed by atoms with E-state index in [2.05, 4.69) is 5.32 Å². The number of anilines is 1. The summed E-state index contributed by atoms with van der Waals surface area (Å²) < 4.78 is 28.5. The number of hydrogen-bond acceptors (Lipinski definition) is 4. The lowest BCUT2D eigenvalue weighted by Gasteiger charge is -2.32. The molecule has 39 heavy (non-hydrogen) atoms. The van der Waals surface area contributed by atoms with Crippen molar-refractivity contribution in [1.82, 2.24) is 10.2 Å². The van der Waals surface area contributed by atoms with E-state index in [4.69, 9.17) is 34.8 Å². The molecule has 0 aromatic heterocycles. The molecule has 11 heteroatoms. The highest BCUT2D eigenvalue weighted by molar-refractivity contribution is 7.92. The summed E-state index contributed by atoms with van der Waals surface area (Å²) in [5, 5.41) is 3.79. The van der Waals surface area contributed by atoms with Crippen LogP contribution in [0, 0.1) is 5.92 Å². The normalized spacial score (nSPS) is 12.2. The summed E-state index contributed by atoms with van der Waals surface area (Å²) in [6.07, 6.45) is 0. The third-order valence-corrected chi connectivity index (χ3v) is 8.34. The summed E-state index contributed by atoms with van der Waals surface area (Å²) in [7, 11) is -4.21. The lowest BCUT2D eigenvalue weighted by atomic mass is 10.1. The van der Waals surface area contributed by atoms with E-state index in [-0.39, 0.29) is 39.0 Å². The van der Waals surface area contributed by atoms with E-state index in [9.17, 15) is 18.0 Å². The van der Waals surface area contributed by atoms with E-state index in [1.807, 2.05) is 13.8 Å². The van der Waals surface area contributed by atoms with Crippen molar-refractivity contribution >= 4 is 62.3 Å². The monoisotopic (exact) mass is 609 g/mol. The van der Waals surface area contributed by atoms with Crippen LogP contribution >= 0.6 is 34.8 Å². The van der Waals surface area contributed by atoms with Gasteiger partial charge in [-0.25, -0.2) is 8.42 Å². The SMILES string of the molecule is CC(C)CNC(=O)[C@@H](C)N(Cc1ccc(Cl)cc1)C(=O)CN(c1cc(Cl)cc(Cl)c1)S(=O)(=O)c1ccccc1. The fourth-order valence-electron chi connectivity index (χ4n) is 3.75. The summed E-state index contributed by atoms with van der Waals surface area (Å²) in [5.41, 5.74) is 0.840. The van der Waals surface area contributed by atoms with Crippen LogP contribution in [0.2, 0.25) is 15.1 Å². The molecule has 1 N–H and O–H groups in total. The molecule has 0 radical (unpaired) electrons. The Balaban J connectivity index is 2.03. The second-order valence-corrected chi connectivity index (χ2v) is 12.6. The summed E-state index contributed by atoms with van der Waals surface area (Å²) in [6, 6.07) is 18.0. The van der Waals surface area contributed by atoms with Gasteiger partial charge in [0.2, 0.25) is 11.8 Å². The molecule has 2 amide bonds. The molecule has 0 saturated heterocycles. The second-order valence-electron chi connectivity index (χ2n) is 9.42. The number of halogens is 3. The molecule has 0 spiro atoms. The van der Waals surface area contributed by atoms with Crippen molar-refractivity contribution in [2.24, 2.45) is 5.92 Å². The van der Waals surface area contributed by atoms with Gasteiger partial charge in [-0.2, -0.15) is 0 Å². The lowest BCUT2D eigenvalue weighted by Crippen LogP contribution is -2.51. The zero-order chi connectivity index (χ0) is 28.7. The van der Waals surface area contributed by atoms with Crippen LogP contribution in [0.15, 0.2) is 77.7 Å². The Morgan fingerprint density at radius 2 is 1.44 bits per heavy atom. The first-order chi connectivity index (χ1) is 18.4. The third-order valence-electron chi connectivity index (χ3n) is 5.86. The van der Waals surface area contributed by atoms with E-state index in [0.717, 1.165) is 9.87 Å². The van der Waals surface area contributed by atoms with Crippen molar-refractivity contribution in [3.05, 3.63) is 93.4 Å². The zero-order valence-corrected chi connectivity index (χ0v) is 24.9. The van der Waals surface area contributed by atoms with Gasteiger partial charge < -0.3 is 10.2 Å². The van der Waals surface area contributed by atoms with Crippen molar-refractivity contribution < 1.29 is 18.0 Å². The second kappa shape index (κ2) is 13.5. The first-order valence-corrected chi connectivity index (χ1v) is 14.8. The van der Waals surface area contributed by atoms with Gasteiger partial charge >= 0.3 is 0 Å². The van der Waals surface area contributed by atoms with Gasteiger partial charge in [0.1, 0.15) is 12.6 Å². The summed E-state index contributed by atoms with van der Waals surface area (Å²) >= 11 is 18.4. The maximum Gasteiger partial charge on any atom is 0.264 e. The predicted octanol–water partition coefficient (Wildman–Crippen LogP) is 6.03. The molecule has 0 aliphatic carbocycles.